The van der Waals surface area contributed by atoms with Crippen molar-refractivity contribution in [2.45, 2.75) is 78.3 Å². The molecule has 3 heteroatoms. The molecule has 1 saturated heterocycles. The van der Waals surface area contributed by atoms with Crippen LogP contribution in [0.15, 0.2) is 4.99 Å². The summed E-state index contributed by atoms with van der Waals surface area (Å²) < 4.78 is 0. The molecule has 0 radical (unpaired) electrons. The van der Waals surface area contributed by atoms with E-state index < -0.39 is 0 Å². The minimum Gasteiger partial charge on any atom is -0.359 e. The first-order valence-corrected chi connectivity index (χ1v) is 9.32. The van der Waals surface area contributed by atoms with Crippen molar-refractivity contribution < 1.29 is 0 Å². The van der Waals surface area contributed by atoms with E-state index in [0.29, 0.717) is 22.4 Å². The maximum atomic E-state index is 5.24. The van der Waals surface area contributed by atoms with Gasteiger partial charge in [0.15, 0.2) is 5.17 Å². The fraction of sp³-hybridized carbons (Fsp3) is 0.941. The number of amidine groups is 1. The molecule has 3 rings (SSSR count). The molecular formula is C17H30N2S. The molecule has 1 N–H and O–H groups in total. The molecule has 0 aromatic rings. The molecule has 2 bridgehead atoms. The van der Waals surface area contributed by atoms with Crippen molar-refractivity contribution in [1.29, 1.82) is 0 Å². The zero-order valence-electron chi connectivity index (χ0n) is 13.8. The fourth-order valence-electron chi connectivity index (χ4n) is 4.92. The lowest BCUT2D eigenvalue weighted by Gasteiger charge is -2.40. The van der Waals surface area contributed by atoms with Gasteiger partial charge in [-0.3, -0.25) is 4.99 Å². The fourth-order valence-corrected chi connectivity index (χ4v) is 6.28. The third-order valence-corrected chi connectivity index (χ3v) is 7.83. The van der Waals surface area contributed by atoms with Crippen LogP contribution in [-0.2, 0) is 0 Å². The van der Waals surface area contributed by atoms with Crippen LogP contribution in [0.5, 0.6) is 0 Å². The first-order chi connectivity index (χ1) is 9.35. The van der Waals surface area contributed by atoms with Crippen molar-refractivity contribution in [3.05, 3.63) is 0 Å². The van der Waals surface area contributed by atoms with Crippen LogP contribution in [0, 0.1) is 16.7 Å². The van der Waals surface area contributed by atoms with Crippen LogP contribution in [0.25, 0.3) is 0 Å². The molecule has 2 aliphatic carbocycles. The Labute approximate surface area is 128 Å². The number of aliphatic imine (C=N–C) groups is 1. The highest BCUT2D eigenvalue weighted by molar-refractivity contribution is 8.14. The summed E-state index contributed by atoms with van der Waals surface area (Å²) in [5.74, 6) is 2.07. The SMILES string of the molecule is CCC1(CC)CSC(=NC2C3(C)CCC(C3)C2(C)C)N1. The molecule has 1 aliphatic heterocycles. The van der Waals surface area contributed by atoms with E-state index in [0.717, 1.165) is 5.92 Å². The van der Waals surface area contributed by atoms with Gasteiger partial charge in [0.1, 0.15) is 0 Å². The number of hydrogen-bond donors (Lipinski definition) is 1. The zero-order chi connectivity index (χ0) is 14.6. The molecular weight excluding hydrogens is 264 g/mol. The molecule has 0 aromatic heterocycles. The number of rotatable bonds is 3. The lowest BCUT2D eigenvalue weighted by molar-refractivity contribution is 0.142. The Bertz CT molecular complexity index is 420. The van der Waals surface area contributed by atoms with Gasteiger partial charge in [-0.25, -0.2) is 0 Å². The Morgan fingerprint density at radius 2 is 1.95 bits per heavy atom. The first kappa shape index (κ1) is 14.7. The largest absolute Gasteiger partial charge is 0.359 e. The summed E-state index contributed by atoms with van der Waals surface area (Å²) in [7, 11) is 0. The number of hydrogen-bond acceptors (Lipinski definition) is 2. The number of fused-ring (bicyclic) bond motifs is 2. The van der Waals surface area contributed by atoms with Crippen LogP contribution in [0.3, 0.4) is 0 Å². The third-order valence-electron chi connectivity index (χ3n) is 6.65. The van der Waals surface area contributed by atoms with Crippen molar-refractivity contribution >= 4 is 16.9 Å². The van der Waals surface area contributed by atoms with E-state index in [1.54, 1.807) is 0 Å². The van der Waals surface area contributed by atoms with Crippen LogP contribution in [0.4, 0.5) is 0 Å². The van der Waals surface area contributed by atoms with Crippen molar-refractivity contribution in [2.24, 2.45) is 21.7 Å². The summed E-state index contributed by atoms with van der Waals surface area (Å²) in [5.41, 5.74) is 1.13. The van der Waals surface area contributed by atoms with Gasteiger partial charge < -0.3 is 5.32 Å². The highest BCUT2D eigenvalue weighted by atomic mass is 32.2. The average Bonchev–Trinajstić information content (AvgIpc) is 3.04. The Balaban J connectivity index is 1.83. The van der Waals surface area contributed by atoms with Crippen LogP contribution in [-0.4, -0.2) is 22.5 Å². The minimum atomic E-state index is 0.298. The highest BCUT2D eigenvalue weighted by Crippen LogP contribution is 2.63. The van der Waals surface area contributed by atoms with Crippen LogP contribution in [0.2, 0.25) is 0 Å². The standard InChI is InChI=1S/C17H30N2S/c1-6-17(7-2)11-20-14(19-17)18-13-15(3,4)12-8-9-16(13,5)10-12/h12-13H,6-11H2,1-5H3,(H,18,19). The quantitative estimate of drug-likeness (QED) is 0.831. The second kappa shape index (κ2) is 4.66. The van der Waals surface area contributed by atoms with Crippen molar-refractivity contribution in [3.63, 3.8) is 0 Å². The number of nitrogens with zero attached hydrogens (tertiary/aromatic N) is 1. The first-order valence-electron chi connectivity index (χ1n) is 8.34. The maximum Gasteiger partial charge on any atom is 0.157 e. The zero-order valence-corrected chi connectivity index (χ0v) is 14.6. The summed E-state index contributed by atoms with van der Waals surface area (Å²) in [6.07, 6.45) is 6.57. The van der Waals surface area contributed by atoms with Gasteiger partial charge in [0, 0.05) is 11.3 Å². The Morgan fingerprint density at radius 3 is 2.45 bits per heavy atom. The topological polar surface area (TPSA) is 24.4 Å². The minimum absolute atomic E-state index is 0.298. The van der Waals surface area contributed by atoms with Gasteiger partial charge in [0.2, 0.25) is 0 Å². The average molecular weight is 295 g/mol. The molecule has 0 spiro atoms. The van der Waals surface area contributed by atoms with E-state index in [9.17, 15) is 0 Å². The van der Waals surface area contributed by atoms with Crippen LogP contribution < -0.4 is 5.32 Å². The molecule has 0 amide bonds. The molecule has 3 fully saturated rings. The number of thioether (sulfide) groups is 1. The lowest BCUT2D eigenvalue weighted by atomic mass is 9.69. The van der Waals surface area contributed by atoms with Gasteiger partial charge >= 0.3 is 0 Å². The highest BCUT2D eigenvalue weighted by Gasteiger charge is 2.59. The Hall–Kier alpha value is -0.180. The molecule has 2 nitrogen and oxygen atoms in total. The normalized spacial score (nSPS) is 43.1. The van der Waals surface area contributed by atoms with Crippen LogP contribution in [0.1, 0.15) is 66.7 Å². The summed E-state index contributed by atoms with van der Waals surface area (Å²) >= 11 is 1.95. The molecule has 2 saturated carbocycles. The second-order valence-electron chi connectivity index (χ2n) is 8.15. The molecule has 3 atom stereocenters. The summed E-state index contributed by atoms with van der Waals surface area (Å²) in [5, 5.41) is 4.98. The van der Waals surface area contributed by atoms with Crippen LogP contribution >= 0.6 is 11.8 Å². The molecule has 0 aromatic carbocycles. The monoisotopic (exact) mass is 294 g/mol. The van der Waals surface area contributed by atoms with E-state index in [2.05, 4.69) is 39.9 Å². The lowest BCUT2D eigenvalue weighted by Crippen LogP contribution is -2.44. The van der Waals surface area contributed by atoms with Gasteiger partial charge in [0.05, 0.1) is 6.04 Å². The Kier molecular flexibility index (Phi) is 3.43. The second-order valence-corrected chi connectivity index (χ2v) is 9.12. The van der Waals surface area contributed by atoms with Crippen molar-refractivity contribution in [3.8, 4) is 0 Å². The van der Waals surface area contributed by atoms with E-state index in [1.807, 2.05) is 11.8 Å². The third kappa shape index (κ3) is 2.03. The summed E-state index contributed by atoms with van der Waals surface area (Å²) in [6.45, 7) is 12.0. The predicted molar refractivity (Wildman–Crippen MR) is 89.4 cm³/mol. The molecule has 1 heterocycles. The summed E-state index contributed by atoms with van der Waals surface area (Å²) in [6, 6.07) is 0.508. The van der Waals surface area contributed by atoms with Crippen molar-refractivity contribution in [2.75, 3.05) is 5.75 Å². The predicted octanol–water partition coefficient (Wildman–Crippen LogP) is 4.45. The van der Waals surface area contributed by atoms with E-state index in [-0.39, 0.29) is 0 Å². The van der Waals surface area contributed by atoms with E-state index >= 15 is 0 Å². The van der Waals surface area contributed by atoms with Gasteiger partial charge in [-0.2, -0.15) is 0 Å². The molecule has 3 aliphatic rings. The molecule has 20 heavy (non-hydrogen) atoms. The number of nitrogens with one attached hydrogen (secondary N) is 1. The smallest absolute Gasteiger partial charge is 0.157 e. The maximum absolute atomic E-state index is 5.24. The van der Waals surface area contributed by atoms with Gasteiger partial charge in [-0.15, -0.1) is 0 Å². The van der Waals surface area contributed by atoms with Gasteiger partial charge in [0.25, 0.3) is 0 Å². The van der Waals surface area contributed by atoms with Gasteiger partial charge in [-0.05, 0) is 48.9 Å². The van der Waals surface area contributed by atoms with E-state index in [4.69, 9.17) is 4.99 Å². The van der Waals surface area contributed by atoms with E-state index in [1.165, 1.54) is 43.0 Å². The summed E-state index contributed by atoms with van der Waals surface area (Å²) in [4.78, 5) is 5.24. The van der Waals surface area contributed by atoms with Crippen molar-refractivity contribution in [1.82, 2.24) is 5.32 Å². The van der Waals surface area contributed by atoms with Gasteiger partial charge in [-0.1, -0.05) is 46.4 Å². The molecule has 3 unspecified atom stereocenters. The Morgan fingerprint density at radius 1 is 1.25 bits per heavy atom. The molecule has 114 valence electrons.